The Morgan fingerprint density at radius 1 is 1.41 bits per heavy atom. The first-order valence-electron chi connectivity index (χ1n) is 5.94. The van der Waals surface area contributed by atoms with Gasteiger partial charge >= 0.3 is 0 Å². The molecule has 1 heterocycles. The zero-order chi connectivity index (χ0) is 12.3. The maximum absolute atomic E-state index is 5.62. The summed E-state index contributed by atoms with van der Waals surface area (Å²) in [4.78, 5) is 4.43. The standard InChI is InChI=1S/C13H18N2O2/c1-9(2)13-15-11-8-10(16-7-3-6-14)4-5-12(11)17-13/h4-5,8-9H,3,6-7,14H2,1-2H3. The van der Waals surface area contributed by atoms with Crippen molar-refractivity contribution in [3.05, 3.63) is 24.1 Å². The Morgan fingerprint density at radius 2 is 2.24 bits per heavy atom. The number of hydrogen-bond acceptors (Lipinski definition) is 4. The number of nitrogens with two attached hydrogens (primary N) is 1. The first kappa shape index (κ1) is 11.9. The second kappa shape index (κ2) is 5.19. The highest BCUT2D eigenvalue weighted by atomic mass is 16.5. The monoisotopic (exact) mass is 234 g/mol. The van der Waals surface area contributed by atoms with E-state index >= 15 is 0 Å². The average Bonchev–Trinajstić information content (AvgIpc) is 2.72. The van der Waals surface area contributed by atoms with Crippen LogP contribution in [0.15, 0.2) is 22.6 Å². The highest BCUT2D eigenvalue weighted by Crippen LogP contribution is 2.24. The van der Waals surface area contributed by atoms with Crippen molar-refractivity contribution < 1.29 is 9.15 Å². The van der Waals surface area contributed by atoms with Crippen LogP contribution in [0.3, 0.4) is 0 Å². The van der Waals surface area contributed by atoms with E-state index in [9.17, 15) is 0 Å². The number of rotatable bonds is 5. The molecule has 0 saturated carbocycles. The van der Waals surface area contributed by atoms with Gasteiger partial charge in [0.2, 0.25) is 0 Å². The van der Waals surface area contributed by atoms with Crippen LogP contribution in [0.5, 0.6) is 5.75 Å². The maximum atomic E-state index is 5.62. The second-order valence-electron chi connectivity index (χ2n) is 4.33. The summed E-state index contributed by atoms with van der Waals surface area (Å²) in [5, 5.41) is 0. The Kier molecular flexibility index (Phi) is 3.64. The van der Waals surface area contributed by atoms with Crippen LogP contribution in [-0.2, 0) is 0 Å². The van der Waals surface area contributed by atoms with Gasteiger partial charge in [0.05, 0.1) is 6.61 Å². The fraction of sp³-hybridized carbons (Fsp3) is 0.462. The molecular weight excluding hydrogens is 216 g/mol. The predicted molar refractivity (Wildman–Crippen MR) is 67.3 cm³/mol. The molecule has 0 aliphatic heterocycles. The molecule has 92 valence electrons. The summed E-state index contributed by atoms with van der Waals surface area (Å²) in [6.45, 7) is 5.40. The molecule has 0 fully saturated rings. The summed E-state index contributed by atoms with van der Waals surface area (Å²) in [6.07, 6.45) is 0.855. The normalized spacial score (nSPS) is 11.3. The minimum atomic E-state index is 0.295. The third-order valence-electron chi connectivity index (χ3n) is 2.49. The van der Waals surface area contributed by atoms with Crippen molar-refractivity contribution in [3.63, 3.8) is 0 Å². The molecule has 0 saturated heterocycles. The van der Waals surface area contributed by atoms with E-state index in [1.807, 2.05) is 18.2 Å². The molecular formula is C13H18N2O2. The van der Waals surface area contributed by atoms with Crippen LogP contribution in [-0.4, -0.2) is 18.1 Å². The molecule has 0 atom stereocenters. The summed E-state index contributed by atoms with van der Waals surface area (Å²) in [5.41, 5.74) is 7.06. The Bertz CT molecular complexity index is 491. The van der Waals surface area contributed by atoms with Crippen LogP contribution in [0, 0.1) is 0 Å². The Balaban J connectivity index is 2.18. The first-order valence-corrected chi connectivity index (χ1v) is 5.94. The van der Waals surface area contributed by atoms with Crippen molar-refractivity contribution in [1.29, 1.82) is 0 Å². The molecule has 0 aliphatic rings. The van der Waals surface area contributed by atoms with Gasteiger partial charge in [-0.3, -0.25) is 0 Å². The van der Waals surface area contributed by atoms with Gasteiger partial charge in [0.1, 0.15) is 11.3 Å². The van der Waals surface area contributed by atoms with E-state index in [1.54, 1.807) is 0 Å². The molecule has 0 spiro atoms. The second-order valence-corrected chi connectivity index (χ2v) is 4.33. The number of fused-ring (bicyclic) bond motifs is 1. The van der Waals surface area contributed by atoms with Gasteiger partial charge in [-0.15, -0.1) is 0 Å². The molecule has 0 bridgehead atoms. The van der Waals surface area contributed by atoms with Crippen LogP contribution in [0.4, 0.5) is 0 Å². The van der Waals surface area contributed by atoms with Crippen molar-refractivity contribution in [1.82, 2.24) is 4.98 Å². The minimum Gasteiger partial charge on any atom is -0.493 e. The summed E-state index contributed by atoms with van der Waals surface area (Å²) < 4.78 is 11.2. The third-order valence-corrected chi connectivity index (χ3v) is 2.49. The van der Waals surface area contributed by atoms with Gasteiger partial charge in [-0.2, -0.15) is 0 Å². The lowest BCUT2D eigenvalue weighted by molar-refractivity contribution is 0.314. The van der Waals surface area contributed by atoms with Crippen LogP contribution in [0.25, 0.3) is 11.1 Å². The fourth-order valence-electron chi connectivity index (χ4n) is 1.54. The molecule has 0 radical (unpaired) electrons. The molecule has 4 nitrogen and oxygen atoms in total. The number of oxazole rings is 1. The van der Waals surface area contributed by atoms with E-state index in [0.717, 1.165) is 29.2 Å². The number of benzene rings is 1. The summed E-state index contributed by atoms with van der Waals surface area (Å²) in [5.74, 6) is 1.87. The van der Waals surface area contributed by atoms with Crippen molar-refractivity contribution in [2.75, 3.05) is 13.2 Å². The lowest BCUT2D eigenvalue weighted by Gasteiger charge is -2.03. The first-order chi connectivity index (χ1) is 8.20. The maximum Gasteiger partial charge on any atom is 0.198 e. The highest BCUT2D eigenvalue weighted by Gasteiger charge is 2.09. The van der Waals surface area contributed by atoms with E-state index in [-0.39, 0.29) is 0 Å². The van der Waals surface area contributed by atoms with Crippen molar-refractivity contribution >= 4 is 11.1 Å². The molecule has 17 heavy (non-hydrogen) atoms. The van der Waals surface area contributed by atoms with Gasteiger partial charge in [-0.25, -0.2) is 4.98 Å². The van der Waals surface area contributed by atoms with E-state index in [0.29, 0.717) is 19.1 Å². The summed E-state index contributed by atoms with van der Waals surface area (Å²) >= 11 is 0. The molecule has 1 aromatic heterocycles. The molecule has 2 rings (SSSR count). The van der Waals surface area contributed by atoms with Gasteiger partial charge in [0.15, 0.2) is 11.5 Å². The number of nitrogens with zero attached hydrogens (tertiary/aromatic N) is 1. The Hall–Kier alpha value is -1.55. The zero-order valence-corrected chi connectivity index (χ0v) is 10.3. The molecule has 0 unspecified atom stereocenters. The predicted octanol–water partition coefficient (Wildman–Crippen LogP) is 2.68. The third kappa shape index (κ3) is 2.77. The quantitative estimate of drug-likeness (QED) is 0.808. The van der Waals surface area contributed by atoms with E-state index in [2.05, 4.69) is 18.8 Å². The molecule has 1 aromatic carbocycles. The Morgan fingerprint density at radius 3 is 2.94 bits per heavy atom. The van der Waals surface area contributed by atoms with Crippen molar-refractivity contribution in [3.8, 4) is 5.75 Å². The fourth-order valence-corrected chi connectivity index (χ4v) is 1.54. The van der Waals surface area contributed by atoms with E-state index < -0.39 is 0 Å². The van der Waals surface area contributed by atoms with Gasteiger partial charge < -0.3 is 14.9 Å². The van der Waals surface area contributed by atoms with Crippen molar-refractivity contribution in [2.24, 2.45) is 5.73 Å². The zero-order valence-electron chi connectivity index (χ0n) is 10.3. The topological polar surface area (TPSA) is 61.3 Å². The highest BCUT2D eigenvalue weighted by molar-refractivity contribution is 5.74. The lowest BCUT2D eigenvalue weighted by atomic mass is 10.2. The minimum absolute atomic E-state index is 0.295. The molecule has 0 amide bonds. The molecule has 0 aliphatic carbocycles. The molecule has 2 aromatic rings. The summed E-state index contributed by atoms with van der Waals surface area (Å²) in [7, 11) is 0. The smallest absolute Gasteiger partial charge is 0.198 e. The number of aromatic nitrogens is 1. The van der Waals surface area contributed by atoms with Gasteiger partial charge in [-0.1, -0.05) is 13.8 Å². The van der Waals surface area contributed by atoms with E-state index in [4.69, 9.17) is 14.9 Å². The van der Waals surface area contributed by atoms with Gasteiger partial charge in [0.25, 0.3) is 0 Å². The van der Waals surface area contributed by atoms with Gasteiger partial charge in [0, 0.05) is 12.0 Å². The van der Waals surface area contributed by atoms with Crippen LogP contribution in [0.1, 0.15) is 32.1 Å². The lowest BCUT2D eigenvalue weighted by Crippen LogP contribution is -2.05. The van der Waals surface area contributed by atoms with Gasteiger partial charge in [-0.05, 0) is 25.1 Å². The van der Waals surface area contributed by atoms with Crippen LogP contribution < -0.4 is 10.5 Å². The van der Waals surface area contributed by atoms with Crippen molar-refractivity contribution in [2.45, 2.75) is 26.2 Å². The number of ether oxygens (including phenoxy) is 1. The largest absolute Gasteiger partial charge is 0.493 e. The molecule has 4 heteroatoms. The average molecular weight is 234 g/mol. The Labute approximate surface area is 101 Å². The molecule has 2 N–H and O–H groups in total. The van der Waals surface area contributed by atoms with Crippen LogP contribution >= 0.6 is 0 Å². The van der Waals surface area contributed by atoms with Crippen LogP contribution in [0.2, 0.25) is 0 Å². The SMILES string of the molecule is CC(C)c1nc2cc(OCCCN)ccc2o1. The van der Waals surface area contributed by atoms with E-state index in [1.165, 1.54) is 0 Å². The number of hydrogen-bond donors (Lipinski definition) is 1. The summed E-state index contributed by atoms with van der Waals surface area (Å²) in [6, 6.07) is 5.70.